The molecule has 3 heterocycles. The van der Waals surface area contributed by atoms with Crippen molar-refractivity contribution in [2.24, 2.45) is 11.8 Å². The Morgan fingerprint density at radius 1 is 0.750 bits per heavy atom. The number of hydrogen-bond acceptors (Lipinski definition) is 5. The van der Waals surface area contributed by atoms with E-state index in [0.717, 1.165) is 22.6 Å². The fourth-order valence-electron chi connectivity index (χ4n) is 3.99. The molecule has 2 aromatic carbocycles. The Bertz CT molecular complexity index is 757. The van der Waals surface area contributed by atoms with E-state index in [9.17, 15) is 5.11 Å². The van der Waals surface area contributed by atoms with Gasteiger partial charge in [0, 0.05) is 11.8 Å². The average molecular weight is 326 g/mol. The number of benzene rings is 2. The molecule has 0 radical (unpaired) electrons. The van der Waals surface area contributed by atoms with Crippen molar-refractivity contribution in [3.63, 3.8) is 0 Å². The third-order valence-corrected chi connectivity index (χ3v) is 5.21. The Morgan fingerprint density at radius 3 is 2.12 bits per heavy atom. The number of ether oxygens (including phenoxy) is 4. The average Bonchev–Trinajstić information content (AvgIpc) is 3.30. The van der Waals surface area contributed by atoms with Crippen LogP contribution in [0.1, 0.15) is 23.3 Å². The summed E-state index contributed by atoms with van der Waals surface area (Å²) in [5.74, 6) is 2.50. The Balaban J connectivity index is 1.40. The number of aromatic hydroxyl groups is 1. The maximum atomic E-state index is 9.47. The van der Waals surface area contributed by atoms with Gasteiger partial charge in [-0.15, -0.1) is 0 Å². The summed E-state index contributed by atoms with van der Waals surface area (Å²) in [7, 11) is 0. The summed E-state index contributed by atoms with van der Waals surface area (Å²) >= 11 is 0. The van der Waals surface area contributed by atoms with Crippen LogP contribution in [-0.4, -0.2) is 25.1 Å². The minimum Gasteiger partial charge on any atom is -0.508 e. The molecule has 124 valence electrons. The van der Waals surface area contributed by atoms with Crippen LogP contribution in [0.2, 0.25) is 0 Å². The van der Waals surface area contributed by atoms with Gasteiger partial charge in [-0.3, -0.25) is 0 Å². The molecular weight excluding hydrogens is 308 g/mol. The second kappa shape index (κ2) is 5.40. The Labute approximate surface area is 139 Å². The van der Waals surface area contributed by atoms with Crippen molar-refractivity contribution in [3.8, 4) is 17.2 Å². The summed E-state index contributed by atoms with van der Waals surface area (Å²) in [6.45, 7) is 1.63. The van der Waals surface area contributed by atoms with Gasteiger partial charge in [0.25, 0.3) is 0 Å². The molecule has 3 aliphatic rings. The van der Waals surface area contributed by atoms with E-state index in [0.29, 0.717) is 25.0 Å². The van der Waals surface area contributed by atoms with Crippen molar-refractivity contribution in [3.05, 3.63) is 53.6 Å². The molecule has 0 amide bonds. The van der Waals surface area contributed by atoms with Gasteiger partial charge >= 0.3 is 0 Å². The molecule has 5 nitrogen and oxygen atoms in total. The van der Waals surface area contributed by atoms with E-state index in [4.69, 9.17) is 18.9 Å². The predicted octanol–water partition coefficient (Wildman–Crippen LogP) is 3.20. The fraction of sp³-hybridized carbons (Fsp3) is 0.368. The van der Waals surface area contributed by atoms with E-state index in [1.54, 1.807) is 12.1 Å². The molecule has 0 spiro atoms. The van der Waals surface area contributed by atoms with Gasteiger partial charge in [0.2, 0.25) is 6.79 Å². The molecule has 2 fully saturated rings. The highest BCUT2D eigenvalue weighted by Gasteiger charge is 2.48. The van der Waals surface area contributed by atoms with Crippen LogP contribution in [-0.2, 0) is 9.47 Å². The van der Waals surface area contributed by atoms with Crippen molar-refractivity contribution in [2.75, 3.05) is 20.0 Å². The van der Waals surface area contributed by atoms with Crippen molar-refractivity contribution in [2.45, 2.75) is 12.2 Å². The molecule has 0 bridgehead atoms. The second-order valence-electron chi connectivity index (χ2n) is 6.54. The number of phenols is 1. The summed E-state index contributed by atoms with van der Waals surface area (Å²) in [6, 6.07) is 13.3. The van der Waals surface area contributed by atoms with E-state index in [1.165, 1.54) is 0 Å². The largest absolute Gasteiger partial charge is 0.508 e. The lowest BCUT2D eigenvalue weighted by atomic mass is 9.85. The SMILES string of the molecule is Oc1ccc([C@H]2OC[C@H]3[C@@H]2CO[C@@H]3c2ccc3c(c2)OCO3)cc1. The summed E-state index contributed by atoms with van der Waals surface area (Å²) < 4.78 is 23.0. The molecule has 5 rings (SSSR count). The third kappa shape index (κ3) is 2.16. The van der Waals surface area contributed by atoms with Crippen LogP contribution in [0.4, 0.5) is 0 Å². The summed E-state index contributed by atoms with van der Waals surface area (Å²) in [6.07, 6.45) is 0.0428. The molecule has 1 N–H and O–H groups in total. The van der Waals surface area contributed by atoms with Crippen molar-refractivity contribution in [1.82, 2.24) is 0 Å². The predicted molar refractivity (Wildman–Crippen MR) is 85.0 cm³/mol. The number of hydrogen-bond donors (Lipinski definition) is 1. The van der Waals surface area contributed by atoms with E-state index in [-0.39, 0.29) is 24.8 Å². The van der Waals surface area contributed by atoms with E-state index in [2.05, 4.69) is 6.07 Å². The van der Waals surface area contributed by atoms with Gasteiger partial charge in [0.1, 0.15) is 5.75 Å². The zero-order valence-corrected chi connectivity index (χ0v) is 13.1. The number of phenolic OH excluding ortho intramolecular Hbond substituents is 1. The van der Waals surface area contributed by atoms with Gasteiger partial charge in [0.15, 0.2) is 11.5 Å². The zero-order chi connectivity index (χ0) is 16.1. The third-order valence-electron chi connectivity index (χ3n) is 5.21. The van der Waals surface area contributed by atoms with Crippen molar-refractivity contribution >= 4 is 0 Å². The van der Waals surface area contributed by atoms with Crippen LogP contribution in [0.15, 0.2) is 42.5 Å². The Hall–Kier alpha value is -2.24. The molecule has 0 saturated carbocycles. The highest BCUT2D eigenvalue weighted by Crippen LogP contribution is 2.51. The van der Waals surface area contributed by atoms with Crippen LogP contribution < -0.4 is 9.47 Å². The highest BCUT2D eigenvalue weighted by molar-refractivity contribution is 5.45. The topological polar surface area (TPSA) is 57.2 Å². The molecule has 0 unspecified atom stereocenters. The van der Waals surface area contributed by atoms with Gasteiger partial charge in [0.05, 0.1) is 25.4 Å². The first kappa shape index (κ1) is 14.1. The van der Waals surface area contributed by atoms with E-state index < -0.39 is 0 Å². The van der Waals surface area contributed by atoms with Crippen LogP contribution in [0.3, 0.4) is 0 Å². The molecule has 4 atom stereocenters. The Morgan fingerprint density at radius 2 is 1.38 bits per heavy atom. The highest BCUT2D eigenvalue weighted by atomic mass is 16.7. The minimum absolute atomic E-state index is 0.0200. The van der Waals surface area contributed by atoms with Crippen LogP contribution >= 0.6 is 0 Å². The quantitative estimate of drug-likeness (QED) is 0.918. The second-order valence-corrected chi connectivity index (χ2v) is 6.54. The maximum Gasteiger partial charge on any atom is 0.231 e. The van der Waals surface area contributed by atoms with Crippen molar-refractivity contribution < 1.29 is 24.1 Å². The molecular formula is C19H18O5. The number of fused-ring (bicyclic) bond motifs is 2. The summed E-state index contributed by atoms with van der Waals surface area (Å²) in [5.41, 5.74) is 2.21. The van der Waals surface area contributed by atoms with E-state index in [1.807, 2.05) is 24.3 Å². The van der Waals surface area contributed by atoms with E-state index >= 15 is 0 Å². The smallest absolute Gasteiger partial charge is 0.231 e. The monoisotopic (exact) mass is 326 g/mol. The van der Waals surface area contributed by atoms with Crippen LogP contribution in [0, 0.1) is 11.8 Å². The van der Waals surface area contributed by atoms with Gasteiger partial charge in [-0.2, -0.15) is 0 Å². The van der Waals surface area contributed by atoms with Crippen LogP contribution in [0.5, 0.6) is 17.2 Å². The molecule has 3 aliphatic heterocycles. The summed E-state index contributed by atoms with van der Waals surface area (Å²) in [4.78, 5) is 0. The normalized spacial score (nSPS) is 30.5. The van der Waals surface area contributed by atoms with Crippen LogP contribution in [0.25, 0.3) is 0 Å². The van der Waals surface area contributed by atoms with Crippen molar-refractivity contribution in [1.29, 1.82) is 0 Å². The van der Waals surface area contributed by atoms with Gasteiger partial charge in [-0.1, -0.05) is 18.2 Å². The molecule has 5 heteroatoms. The molecule has 0 aromatic heterocycles. The lowest BCUT2D eigenvalue weighted by Crippen LogP contribution is -2.14. The first-order valence-corrected chi connectivity index (χ1v) is 8.21. The fourth-order valence-corrected chi connectivity index (χ4v) is 3.99. The standard InChI is InChI=1S/C19H18O5/c20-13-4-1-11(2-5-13)18-14-8-22-19(15(14)9-21-18)12-3-6-16-17(7-12)24-10-23-16/h1-7,14-15,18-20H,8-10H2/t14-,15-,18+,19+/m0/s1. The maximum absolute atomic E-state index is 9.47. The molecule has 2 aromatic rings. The first-order chi connectivity index (χ1) is 11.8. The first-order valence-electron chi connectivity index (χ1n) is 8.21. The summed E-state index contributed by atoms with van der Waals surface area (Å²) in [5, 5.41) is 9.47. The number of rotatable bonds is 2. The lowest BCUT2D eigenvalue weighted by molar-refractivity contribution is 0.0192. The van der Waals surface area contributed by atoms with Gasteiger partial charge in [-0.05, 0) is 35.4 Å². The lowest BCUT2D eigenvalue weighted by Gasteiger charge is -2.17. The van der Waals surface area contributed by atoms with Gasteiger partial charge < -0.3 is 24.1 Å². The minimum atomic E-state index is 0.0200. The molecule has 24 heavy (non-hydrogen) atoms. The molecule has 0 aliphatic carbocycles. The molecule has 2 saturated heterocycles. The zero-order valence-electron chi connectivity index (χ0n) is 13.1. The Kier molecular flexibility index (Phi) is 3.18. The van der Waals surface area contributed by atoms with Gasteiger partial charge in [-0.25, -0.2) is 0 Å².